The number of ether oxygens (including phenoxy) is 1. The predicted molar refractivity (Wildman–Crippen MR) is 67.5 cm³/mol. The fourth-order valence-corrected chi connectivity index (χ4v) is 3.73. The van der Waals surface area contributed by atoms with Crippen LogP contribution in [-0.2, 0) is 4.74 Å². The lowest BCUT2D eigenvalue weighted by Gasteiger charge is -2.41. The van der Waals surface area contributed by atoms with Gasteiger partial charge in [-0.25, -0.2) is 0 Å². The van der Waals surface area contributed by atoms with Gasteiger partial charge in [-0.15, -0.1) is 0 Å². The maximum atomic E-state index is 6.21. The van der Waals surface area contributed by atoms with Crippen molar-refractivity contribution < 1.29 is 4.74 Å². The highest BCUT2D eigenvalue weighted by molar-refractivity contribution is 5.02. The van der Waals surface area contributed by atoms with E-state index in [1.165, 1.54) is 25.7 Å². The number of hydrogen-bond donors (Lipinski definition) is 1. The molecule has 0 spiro atoms. The predicted octanol–water partition coefficient (Wildman–Crippen LogP) is 2.97. The molecule has 1 aliphatic carbocycles. The molecule has 2 rings (SSSR count). The van der Waals surface area contributed by atoms with E-state index in [0.29, 0.717) is 12.0 Å². The van der Waals surface area contributed by atoms with Crippen LogP contribution < -0.4 is 5.32 Å². The maximum Gasteiger partial charge on any atom is 0.0677 e. The van der Waals surface area contributed by atoms with Gasteiger partial charge in [0.2, 0.25) is 0 Å². The van der Waals surface area contributed by atoms with Crippen molar-refractivity contribution in [2.45, 2.75) is 70.6 Å². The van der Waals surface area contributed by atoms with Crippen molar-refractivity contribution >= 4 is 0 Å². The molecule has 1 aliphatic heterocycles. The summed E-state index contributed by atoms with van der Waals surface area (Å²) in [6.45, 7) is 8.97. The molecule has 1 N–H and O–H groups in total. The van der Waals surface area contributed by atoms with E-state index in [1.54, 1.807) is 0 Å². The average Bonchev–Trinajstić information content (AvgIpc) is 2.26. The van der Waals surface area contributed by atoms with E-state index in [2.05, 4.69) is 40.1 Å². The molecule has 94 valence electrons. The molecular formula is C14H27NO. The Balaban J connectivity index is 2.12. The molecule has 1 saturated heterocycles. The van der Waals surface area contributed by atoms with Gasteiger partial charge in [-0.05, 0) is 59.9 Å². The fourth-order valence-electron chi connectivity index (χ4n) is 3.73. The van der Waals surface area contributed by atoms with E-state index >= 15 is 0 Å². The summed E-state index contributed by atoms with van der Waals surface area (Å²) in [6, 6.07) is 0.644. The quantitative estimate of drug-likeness (QED) is 0.797. The van der Waals surface area contributed by atoms with Gasteiger partial charge in [0.05, 0.1) is 11.2 Å². The smallest absolute Gasteiger partial charge is 0.0677 e. The summed E-state index contributed by atoms with van der Waals surface area (Å²) in [6.07, 6.45) is 5.40. The summed E-state index contributed by atoms with van der Waals surface area (Å²) in [4.78, 5) is 0. The molecule has 0 radical (unpaired) electrons. The molecule has 0 amide bonds. The van der Waals surface area contributed by atoms with Crippen LogP contribution in [0.2, 0.25) is 0 Å². The van der Waals surface area contributed by atoms with Crippen LogP contribution in [0.1, 0.15) is 53.4 Å². The Bertz CT molecular complexity index is 255. The normalized spacial score (nSPS) is 34.7. The van der Waals surface area contributed by atoms with Crippen molar-refractivity contribution in [3.05, 3.63) is 0 Å². The molecule has 0 aromatic carbocycles. The van der Waals surface area contributed by atoms with E-state index in [9.17, 15) is 0 Å². The SMILES string of the molecule is CNC(C1CCC1)C1CC(C)(C)OC1(C)C. The van der Waals surface area contributed by atoms with Crippen LogP contribution in [0.3, 0.4) is 0 Å². The molecule has 2 fully saturated rings. The highest BCUT2D eigenvalue weighted by Gasteiger charge is 2.50. The van der Waals surface area contributed by atoms with Crippen LogP contribution in [0.15, 0.2) is 0 Å². The standard InChI is InChI=1S/C14H27NO/c1-13(2)9-11(14(3,4)16-13)12(15-5)10-7-6-8-10/h10-12,15H,6-9H2,1-5H3. The highest BCUT2D eigenvalue weighted by atomic mass is 16.5. The molecule has 0 bridgehead atoms. The summed E-state index contributed by atoms with van der Waals surface area (Å²) < 4.78 is 6.21. The van der Waals surface area contributed by atoms with E-state index in [1.807, 2.05) is 0 Å². The second-order valence-electron chi connectivity index (χ2n) is 6.78. The lowest BCUT2D eigenvalue weighted by atomic mass is 9.69. The second kappa shape index (κ2) is 3.99. The fraction of sp³-hybridized carbons (Fsp3) is 1.00. The Morgan fingerprint density at radius 1 is 1.19 bits per heavy atom. The molecule has 0 aromatic rings. The largest absolute Gasteiger partial charge is 0.369 e. The lowest BCUT2D eigenvalue weighted by molar-refractivity contribution is -0.0807. The summed E-state index contributed by atoms with van der Waals surface area (Å²) in [5, 5.41) is 3.56. The Labute approximate surface area is 100 Å². The van der Waals surface area contributed by atoms with Gasteiger partial charge in [-0.3, -0.25) is 0 Å². The molecule has 2 unspecified atom stereocenters. The third kappa shape index (κ3) is 2.14. The third-order valence-corrected chi connectivity index (χ3v) is 4.57. The second-order valence-corrected chi connectivity index (χ2v) is 6.78. The molecule has 2 nitrogen and oxygen atoms in total. The van der Waals surface area contributed by atoms with Crippen molar-refractivity contribution in [2.75, 3.05) is 7.05 Å². The molecule has 1 heterocycles. The summed E-state index contributed by atoms with van der Waals surface area (Å²) >= 11 is 0. The van der Waals surface area contributed by atoms with Gasteiger partial charge in [0, 0.05) is 12.0 Å². The zero-order valence-electron chi connectivity index (χ0n) is 11.5. The first-order chi connectivity index (χ1) is 7.36. The zero-order valence-corrected chi connectivity index (χ0v) is 11.5. The molecule has 0 aromatic heterocycles. The topological polar surface area (TPSA) is 21.3 Å². The van der Waals surface area contributed by atoms with Gasteiger partial charge in [-0.1, -0.05) is 6.42 Å². The highest BCUT2D eigenvalue weighted by Crippen LogP contribution is 2.47. The molecule has 2 heteroatoms. The first kappa shape index (κ1) is 12.4. The van der Waals surface area contributed by atoms with E-state index in [-0.39, 0.29) is 11.2 Å². The van der Waals surface area contributed by atoms with Crippen LogP contribution in [0.4, 0.5) is 0 Å². The van der Waals surface area contributed by atoms with Crippen LogP contribution in [0, 0.1) is 11.8 Å². The lowest BCUT2D eigenvalue weighted by Crippen LogP contribution is -2.49. The van der Waals surface area contributed by atoms with Gasteiger partial charge < -0.3 is 10.1 Å². The summed E-state index contributed by atoms with van der Waals surface area (Å²) in [5.41, 5.74) is 0.0692. The first-order valence-corrected chi connectivity index (χ1v) is 6.73. The van der Waals surface area contributed by atoms with Gasteiger partial charge >= 0.3 is 0 Å². The molecular weight excluding hydrogens is 198 g/mol. The number of rotatable bonds is 3. The number of nitrogens with one attached hydrogen (secondary N) is 1. The van der Waals surface area contributed by atoms with Crippen LogP contribution in [0.5, 0.6) is 0 Å². The van der Waals surface area contributed by atoms with Gasteiger partial charge in [0.15, 0.2) is 0 Å². The zero-order chi connectivity index (χ0) is 12.0. The van der Waals surface area contributed by atoms with E-state index < -0.39 is 0 Å². The van der Waals surface area contributed by atoms with Gasteiger partial charge in [0.25, 0.3) is 0 Å². The van der Waals surface area contributed by atoms with Crippen LogP contribution >= 0.6 is 0 Å². The van der Waals surface area contributed by atoms with Crippen molar-refractivity contribution in [1.82, 2.24) is 5.32 Å². The van der Waals surface area contributed by atoms with Gasteiger partial charge in [0.1, 0.15) is 0 Å². The summed E-state index contributed by atoms with van der Waals surface area (Å²) in [5.74, 6) is 1.53. The van der Waals surface area contributed by atoms with Crippen molar-refractivity contribution in [3.8, 4) is 0 Å². The molecule has 1 saturated carbocycles. The van der Waals surface area contributed by atoms with Crippen LogP contribution in [0.25, 0.3) is 0 Å². The van der Waals surface area contributed by atoms with Crippen LogP contribution in [-0.4, -0.2) is 24.3 Å². The van der Waals surface area contributed by atoms with E-state index in [4.69, 9.17) is 4.74 Å². The van der Waals surface area contributed by atoms with Crippen molar-refractivity contribution in [2.24, 2.45) is 11.8 Å². The molecule has 16 heavy (non-hydrogen) atoms. The monoisotopic (exact) mass is 225 g/mol. The minimum atomic E-state index is 0.0206. The van der Waals surface area contributed by atoms with Gasteiger partial charge in [-0.2, -0.15) is 0 Å². The first-order valence-electron chi connectivity index (χ1n) is 6.73. The molecule has 2 atom stereocenters. The summed E-state index contributed by atoms with van der Waals surface area (Å²) in [7, 11) is 2.12. The third-order valence-electron chi connectivity index (χ3n) is 4.57. The maximum absolute atomic E-state index is 6.21. The van der Waals surface area contributed by atoms with Crippen molar-refractivity contribution in [1.29, 1.82) is 0 Å². The minimum absolute atomic E-state index is 0.0206. The Morgan fingerprint density at radius 2 is 1.81 bits per heavy atom. The Kier molecular flexibility index (Phi) is 3.09. The van der Waals surface area contributed by atoms with E-state index in [0.717, 1.165) is 5.92 Å². The minimum Gasteiger partial charge on any atom is -0.369 e. The number of hydrogen-bond acceptors (Lipinski definition) is 2. The average molecular weight is 225 g/mol. The molecule has 2 aliphatic rings. The Hall–Kier alpha value is -0.0800. The van der Waals surface area contributed by atoms with Crippen molar-refractivity contribution in [3.63, 3.8) is 0 Å². The Morgan fingerprint density at radius 3 is 2.12 bits per heavy atom.